The van der Waals surface area contributed by atoms with Gasteiger partial charge in [-0.05, 0) is 31.9 Å². The van der Waals surface area contributed by atoms with Gasteiger partial charge in [0, 0.05) is 32.1 Å². The van der Waals surface area contributed by atoms with Crippen molar-refractivity contribution in [1.82, 2.24) is 10.6 Å². The van der Waals surface area contributed by atoms with Crippen molar-refractivity contribution in [2.75, 3.05) is 26.8 Å². The number of rotatable bonds is 9. The van der Waals surface area contributed by atoms with Crippen LogP contribution in [-0.2, 0) is 16.1 Å². The standard InChI is InChI=1S/C18H26F3N3O3/c1-4-26-16(25)6-5-9-23-17(22-3)24-11-14-8-7-13(2)10-15(14)27-12-18(19,20)21/h7-8,10H,4-6,9,11-12H2,1-3H3,(H2,22,23,24). The Bertz CT molecular complexity index is 634. The highest BCUT2D eigenvalue weighted by Crippen LogP contribution is 2.23. The predicted octanol–water partition coefficient (Wildman–Crippen LogP) is 2.94. The molecule has 0 aliphatic carbocycles. The first-order valence-electron chi connectivity index (χ1n) is 8.64. The zero-order valence-electron chi connectivity index (χ0n) is 15.8. The highest BCUT2D eigenvalue weighted by Gasteiger charge is 2.28. The van der Waals surface area contributed by atoms with Crippen LogP contribution in [0.15, 0.2) is 23.2 Å². The zero-order chi connectivity index (χ0) is 20.3. The van der Waals surface area contributed by atoms with Crippen LogP contribution in [0.25, 0.3) is 0 Å². The number of ether oxygens (including phenoxy) is 2. The van der Waals surface area contributed by atoms with Crippen LogP contribution in [0.4, 0.5) is 13.2 Å². The van der Waals surface area contributed by atoms with E-state index in [-0.39, 0.29) is 18.3 Å². The first kappa shape index (κ1) is 22.6. The largest absolute Gasteiger partial charge is 0.484 e. The summed E-state index contributed by atoms with van der Waals surface area (Å²) in [5, 5.41) is 6.05. The Balaban J connectivity index is 2.53. The Morgan fingerprint density at radius 3 is 2.63 bits per heavy atom. The summed E-state index contributed by atoms with van der Waals surface area (Å²) >= 11 is 0. The van der Waals surface area contributed by atoms with E-state index in [0.717, 1.165) is 5.56 Å². The summed E-state index contributed by atoms with van der Waals surface area (Å²) in [6.07, 6.45) is -3.53. The zero-order valence-corrected chi connectivity index (χ0v) is 15.8. The van der Waals surface area contributed by atoms with Gasteiger partial charge in [0.05, 0.1) is 6.61 Å². The van der Waals surface area contributed by atoms with E-state index in [1.54, 1.807) is 39.1 Å². The van der Waals surface area contributed by atoms with E-state index in [0.29, 0.717) is 37.5 Å². The minimum Gasteiger partial charge on any atom is -0.484 e. The predicted molar refractivity (Wildman–Crippen MR) is 96.8 cm³/mol. The van der Waals surface area contributed by atoms with Gasteiger partial charge in [-0.2, -0.15) is 13.2 Å². The van der Waals surface area contributed by atoms with Crippen LogP contribution in [0.5, 0.6) is 5.75 Å². The van der Waals surface area contributed by atoms with Gasteiger partial charge in [-0.25, -0.2) is 0 Å². The lowest BCUT2D eigenvalue weighted by molar-refractivity contribution is -0.153. The van der Waals surface area contributed by atoms with Crippen LogP contribution < -0.4 is 15.4 Å². The molecule has 27 heavy (non-hydrogen) atoms. The lowest BCUT2D eigenvalue weighted by Gasteiger charge is -2.16. The summed E-state index contributed by atoms with van der Waals surface area (Å²) < 4.78 is 47.0. The van der Waals surface area contributed by atoms with Crippen molar-refractivity contribution in [2.45, 2.75) is 39.4 Å². The number of nitrogens with zero attached hydrogens (tertiary/aromatic N) is 1. The fourth-order valence-corrected chi connectivity index (χ4v) is 2.17. The maximum absolute atomic E-state index is 12.4. The maximum Gasteiger partial charge on any atom is 0.422 e. The molecule has 0 heterocycles. The SMILES string of the molecule is CCOC(=O)CCCNC(=NC)NCc1ccc(C)cc1OCC(F)(F)F. The average Bonchev–Trinajstić information content (AvgIpc) is 2.60. The van der Waals surface area contributed by atoms with Gasteiger partial charge >= 0.3 is 12.1 Å². The molecule has 152 valence electrons. The van der Waals surface area contributed by atoms with Crippen molar-refractivity contribution in [3.05, 3.63) is 29.3 Å². The third-order valence-corrected chi connectivity index (χ3v) is 3.44. The second kappa shape index (κ2) is 11.3. The normalized spacial score (nSPS) is 11.9. The molecule has 0 saturated heterocycles. The van der Waals surface area contributed by atoms with E-state index >= 15 is 0 Å². The highest BCUT2D eigenvalue weighted by atomic mass is 19.4. The molecule has 9 heteroatoms. The Morgan fingerprint density at radius 1 is 1.26 bits per heavy atom. The Kier molecular flexibility index (Phi) is 9.46. The molecule has 6 nitrogen and oxygen atoms in total. The van der Waals surface area contributed by atoms with Gasteiger partial charge in [0.15, 0.2) is 12.6 Å². The first-order valence-corrected chi connectivity index (χ1v) is 8.64. The first-order chi connectivity index (χ1) is 12.7. The molecule has 2 N–H and O–H groups in total. The van der Waals surface area contributed by atoms with E-state index in [2.05, 4.69) is 15.6 Å². The van der Waals surface area contributed by atoms with Crippen molar-refractivity contribution in [2.24, 2.45) is 4.99 Å². The number of carbonyl (C=O) groups excluding carboxylic acids is 1. The minimum absolute atomic E-state index is 0.178. The number of guanidine groups is 1. The van der Waals surface area contributed by atoms with Crippen LogP contribution in [0.2, 0.25) is 0 Å². The quantitative estimate of drug-likeness (QED) is 0.294. The molecule has 0 saturated carbocycles. The lowest BCUT2D eigenvalue weighted by Crippen LogP contribution is -2.37. The number of aryl methyl sites for hydroxylation is 1. The fraction of sp³-hybridized carbons (Fsp3) is 0.556. The molecule has 0 aliphatic rings. The van der Waals surface area contributed by atoms with Gasteiger partial charge < -0.3 is 20.1 Å². The van der Waals surface area contributed by atoms with Crippen LogP contribution in [0.1, 0.15) is 30.9 Å². The Hall–Kier alpha value is -2.45. The van der Waals surface area contributed by atoms with Gasteiger partial charge in [-0.3, -0.25) is 9.79 Å². The summed E-state index contributed by atoms with van der Waals surface area (Å²) in [6, 6.07) is 5.08. The summed E-state index contributed by atoms with van der Waals surface area (Å²) in [7, 11) is 1.58. The second-order valence-corrected chi connectivity index (χ2v) is 5.78. The van der Waals surface area contributed by atoms with E-state index in [1.165, 1.54) is 0 Å². The Morgan fingerprint density at radius 2 is 2.00 bits per heavy atom. The smallest absolute Gasteiger partial charge is 0.422 e. The molecule has 0 atom stereocenters. The fourth-order valence-electron chi connectivity index (χ4n) is 2.17. The van der Waals surface area contributed by atoms with Crippen LogP contribution in [0, 0.1) is 6.92 Å². The average molecular weight is 389 g/mol. The van der Waals surface area contributed by atoms with E-state index < -0.39 is 12.8 Å². The van der Waals surface area contributed by atoms with Gasteiger partial charge in [-0.15, -0.1) is 0 Å². The van der Waals surface area contributed by atoms with Crippen LogP contribution in [-0.4, -0.2) is 44.9 Å². The number of aliphatic imine (C=N–C) groups is 1. The van der Waals surface area contributed by atoms with Gasteiger partial charge in [0.1, 0.15) is 5.75 Å². The number of alkyl halides is 3. The number of carbonyl (C=O) groups is 1. The number of esters is 1. The summed E-state index contributed by atoms with van der Waals surface area (Å²) in [6.45, 7) is 3.28. The molecular weight excluding hydrogens is 363 g/mol. The van der Waals surface area contributed by atoms with Gasteiger partial charge in [0.25, 0.3) is 0 Å². The second-order valence-electron chi connectivity index (χ2n) is 5.78. The number of nitrogens with one attached hydrogen (secondary N) is 2. The maximum atomic E-state index is 12.4. The lowest BCUT2D eigenvalue weighted by atomic mass is 10.1. The van der Waals surface area contributed by atoms with Crippen molar-refractivity contribution in [3.8, 4) is 5.75 Å². The van der Waals surface area contributed by atoms with E-state index in [4.69, 9.17) is 9.47 Å². The number of halogens is 3. The molecular formula is C18H26F3N3O3. The molecule has 0 aromatic heterocycles. The van der Waals surface area contributed by atoms with Crippen molar-refractivity contribution < 1.29 is 27.4 Å². The molecule has 0 spiro atoms. The summed E-state index contributed by atoms with van der Waals surface area (Å²) in [4.78, 5) is 15.3. The molecule has 0 amide bonds. The van der Waals surface area contributed by atoms with Crippen molar-refractivity contribution in [1.29, 1.82) is 0 Å². The third kappa shape index (κ3) is 9.72. The van der Waals surface area contributed by atoms with Gasteiger partial charge in [0.2, 0.25) is 0 Å². The van der Waals surface area contributed by atoms with E-state index in [1.807, 2.05) is 0 Å². The molecule has 0 radical (unpaired) electrons. The van der Waals surface area contributed by atoms with Crippen molar-refractivity contribution >= 4 is 11.9 Å². The molecule has 0 aliphatic heterocycles. The van der Waals surface area contributed by atoms with Crippen LogP contribution in [0.3, 0.4) is 0 Å². The molecule has 0 unspecified atom stereocenters. The molecule has 0 fully saturated rings. The third-order valence-electron chi connectivity index (χ3n) is 3.44. The summed E-state index contributed by atoms with van der Waals surface area (Å²) in [5.41, 5.74) is 1.39. The molecule has 0 bridgehead atoms. The molecule has 1 aromatic rings. The molecule has 1 rings (SSSR count). The highest BCUT2D eigenvalue weighted by molar-refractivity contribution is 5.79. The van der Waals surface area contributed by atoms with E-state index in [9.17, 15) is 18.0 Å². The number of benzene rings is 1. The van der Waals surface area contributed by atoms with Crippen LogP contribution >= 0.6 is 0 Å². The van der Waals surface area contributed by atoms with Gasteiger partial charge in [-0.1, -0.05) is 12.1 Å². The Labute approximate surface area is 157 Å². The number of hydrogen-bond acceptors (Lipinski definition) is 4. The minimum atomic E-state index is -4.40. The topological polar surface area (TPSA) is 72.0 Å². The monoisotopic (exact) mass is 389 g/mol. The molecule has 1 aromatic carbocycles. The summed E-state index contributed by atoms with van der Waals surface area (Å²) in [5.74, 6) is 0.396. The van der Waals surface area contributed by atoms with Crippen molar-refractivity contribution in [3.63, 3.8) is 0 Å². The number of hydrogen-bond donors (Lipinski definition) is 2.